The zero-order valence-corrected chi connectivity index (χ0v) is 18.6. The van der Waals surface area contributed by atoms with Gasteiger partial charge in [0.15, 0.2) is 0 Å². The van der Waals surface area contributed by atoms with E-state index in [1.165, 1.54) is 25.7 Å². The minimum absolute atomic E-state index is 0.366. The maximum absolute atomic E-state index is 6.60. The molecule has 3 heterocycles. The highest BCUT2D eigenvalue weighted by atomic mass is 35.5. The molecule has 0 aliphatic carbocycles. The van der Waals surface area contributed by atoms with Crippen LogP contribution >= 0.6 is 11.6 Å². The molecule has 0 bridgehead atoms. The van der Waals surface area contributed by atoms with Crippen molar-refractivity contribution < 1.29 is 4.52 Å². The molecule has 1 saturated heterocycles. The lowest BCUT2D eigenvalue weighted by Gasteiger charge is -2.26. The van der Waals surface area contributed by atoms with Crippen LogP contribution in [-0.4, -0.2) is 45.5 Å². The minimum Gasteiger partial charge on any atom is -0.361 e. The number of halogens is 1. The molecule has 6 nitrogen and oxygen atoms in total. The van der Waals surface area contributed by atoms with Crippen molar-refractivity contribution in [1.29, 1.82) is 0 Å². The first kappa shape index (κ1) is 21.3. The number of hydrogen-bond donors (Lipinski definition) is 1. The second kappa shape index (κ2) is 8.97. The van der Waals surface area contributed by atoms with Gasteiger partial charge in [0.1, 0.15) is 22.3 Å². The topological polar surface area (TPSA) is 59.1 Å². The fourth-order valence-corrected chi connectivity index (χ4v) is 3.96. The Balaban J connectivity index is 1.70. The van der Waals surface area contributed by atoms with E-state index in [0.717, 1.165) is 48.9 Å². The predicted octanol–water partition coefficient (Wildman–Crippen LogP) is 4.42. The molecule has 1 aliphatic rings. The summed E-state index contributed by atoms with van der Waals surface area (Å²) in [6, 6.07) is 2.44. The van der Waals surface area contributed by atoms with Crippen LogP contribution in [0.2, 0.25) is 5.15 Å². The summed E-state index contributed by atoms with van der Waals surface area (Å²) in [6.07, 6.45) is 4.90. The van der Waals surface area contributed by atoms with Crippen molar-refractivity contribution in [2.45, 2.75) is 66.0 Å². The van der Waals surface area contributed by atoms with Gasteiger partial charge in [0.2, 0.25) is 0 Å². The Hall–Kier alpha value is -1.37. The Morgan fingerprint density at radius 1 is 1.32 bits per heavy atom. The van der Waals surface area contributed by atoms with E-state index >= 15 is 0 Å². The summed E-state index contributed by atoms with van der Waals surface area (Å²) in [5, 5.41) is 13.2. The quantitative estimate of drug-likeness (QED) is 0.768. The third-order valence-corrected chi connectivity index (χ3v) is 5.86. The molecular weight excluding hydrogens is 374 g/mol. The number of aryl methyl sites for hydroxylation is 2. The summed E-state index contributed by atoms with van der Waals surface area (Å²) in [4.78, 5) is 2.50. The molecular formula is C21H34ClN5O. The lowest BCUT2D eigenvalue weighted by Crippen LogP contribution is -2.40. The van der Waals surface area contributed by atoms with E-state index < -0.39 is 0 Å². The van der Waals surface area contributed by atoms with Crippen LogP contribution in [0.3, 0.4) is 0 Å². The largest absolute Gasteiger partial charge is 0.361 e. The van der Waals surface area contributed by atoms with E-state index in [-0.39, 0.29) is 0 Å². The molecule has 3 rings (SSSR count). The van der Waals surface area contributed by atoms with Crippen LogP contribution < -0.4 is 5.32 Å². The second-order valence-corrected chi connectivity index (χ2v) is 9.61. The third kappa shape index (κ3) is 5.58. The predicted molar refractivity (Wildman–Crippen MR) is 113 cm³/mol. The fourth-order valence-electron chi connectivity index (χ4n) is 3.78. The van der Waals surface area contributed by atoms with Crippen molar-refractivity contribution in [1.82, 2.24) is 25.2 Å². The van der Waals surface area contributed by atoms with Gasteiger partial charge in [-0.1, -0.05) is 43.9 Å². The average Bonchev–Trinajstić information content (AvgIpc) is 3.05. The van der Waals surface area contributed by atoms with E-state index in [4.69, 9.17) is 16.1 Å². The summed E-state index contributed by atoms with van der Waals surface area (Å²) in [5.74, 6) is 0.778. The zero-order chi connectivity index (χ0) is 20.3. The van der Waals surface area contributed by atoms with Crippen molar-refractivity contribution in [2.75, 3.05) is 19.6 Å². The Bertz CT molecular complexity index is 776. The molecule has 1 aliphatic heterocycles. The van der Waals surface area contributed by atoms with Crippen LogP contribution in [0.4, 0.5) is 0 Å². The third-order valence-electron chi connectivity index (χ3n) is 5.38. The Morgan fingerprint density at radius 2 is 2.11 bits per heavy atom. The molecule has 0 aromatic carbocycles. The van der Waals surface area contributed by atoms with Gasteiger partial charge in [0, 0.05) is 37.8 Å². The normalized spacial score (nSPS) is 19.1. The van der Waals surface area contributed by atoms with Crippen molar-refractivity contribution >= 4 is 11.6 Å². The van der Waals surface area contributed by atoms with Crippen molar-refractivity contribution in [3.05, 3.63) is 22.5 Å². The summed E-state index contributed by atoms with van der Waals surface area (Å²) in [5.41, 5.74) is 2.98. The lowest BCUT2D eigenvalue weighted by atomic mass is 9.92. The van der Waals surface area contributed by atoms with E-state index in [0.29, 0.717) is 16.6 Å². The van der Waals surface area contributed by atoms with Gasteiger partial charge in [0.25, 0.3) is 0 Å². The van der Waals surface area contributed by atoms with E-state index in [1.54, 1.807) is 4.68 Å². The number of nitrogens with one attached hydrogen (secondary N) is 1. The number of nitrogens with zero attached hydrogens (tertiary/aromatic N) is 4. The molecule has 156 valence electrons. The summed E-state index contributed by atoms with van der Waals surface area (Å²) in [7, 11) is 1.88. The van der Waals surface area contributed by atoms with E-state index in [9.17, 15) is 0 Å². The highest BCUT2D eigenvalue weighted by molar-refractivity contribution is 6.30. The lowest BCUT2D eigenvalue weighted by molar-refractivity contribution is 0.246. The molecule has 1 fully saturated rings. The number of likely N-dealkylation sites (tertiary alicyclic amines) is 1. The van der Waals surface area contributed by atoms with Crippen LogP contribution in [0.15, 0.2) is 10.6 Å². The molecule has 0 saturated carbocycles. The first-order valence-corrected chi connectivity index (χ1v) is 10.7. The van der Waals surface area contributed by atoms with Crippen LogP contribution in [0.25, 0.3) is 11.4 Å². The number of rotatable bonds is 6. The average molecular weight is 408 g/mol. The van der Waals surface area contributed by atoms with Gasteiger partial charge in [-0.25, -0.2) is 0 Å². The standard InChI is InChI=1S/C21H34ClN5O/c1-15-12-18(25-28-15)19-17(20(22)26(5)24-19)14-27-11-7-6-8-16(13-27)23-10-9-21(2,3)4/h12,16,23H,6-11,13-14H2,1-5H3. The van der Waals surface area contributed by atoms with Gasteiger partial charge in [-0.2, -0.15) is 5.10 Å². The Kier molecular flexibility index (Phi) is 6.84. The van der Waals surface area contributed by atoms with Gasteiger partial charge in [-0.05, 0) is 44.7 Å². The van der Waals surface area contributed by atoms with Gasteiger partial charge < -0.3 is 9.84 Å². The van der Waals surface area contributed by atoms with Crippen LogP contribution in [0, 0.1) is 12.3 Å². The first-order valence-electron chi connectivity index (χ1n) is 10.3. The van der Waals surface area contributed by atoms with Crippen molar-refractivity contribution in [2.24, 2.45) is 12.5 Å². The summed E-state index contributed by atoms with van der Waals surface area (Å²) < 4.78 is 6.99. The van der Waals surface area contributed by atoms with E-state index in [2.05, 4.69) is 41.2 Å². The Labute approximate surface area is 173 Å². The maximum Gasteiger partial charge on any atom is 0.134 e. The first-order chi connectivity index (χ1) is 13.2. The molecule has 0 amide bonds. The molecule has 7 heteroatoms. The molecule has 0 spiro atoms. The second-order valence-electron chi connectivity index (χ2n) is 9.26. The monoisotopic (exact) mass is 407 g/mol. The highest BCUT2D eigenvalue weighted by Gasteiger charge is 2.24. The van der Waals surface area contributed by atoms with Gasteiger partial charge in [-0.15, -0.1) is 0 Å². The van der Waals surface area contributed by atoms with Crippen molar-refractivity contribution in [3.63, 3.8) is 0 Å². The Morgan fingerprint density at radius 3 is 2.79 bits per heavy atom. The SMILES string of the molecule is Cc1cc(-c2nn(C)c(Cl)c2CN2CCCCC(NCCC(C)(C)C)C2)no1. The van der Waals surface area contributed by atoms with E-state index in [1.807, 2.05) is 20.0 Å². The van der Waals surface area contributed by atoms with Crippen molar-refractivity contribution in [3.8, 4) is 11.4 Å². The molecule has 2 aromatic rings. The fraction of sp³-hybridized carbons (Fsp3) is 0.714. The molecule has 1 unspecified atom stereocenters. The highest BCUT2D eigenvalue weighted by Crippen LogP contribution is 2.30. The van der Waals surface area contributed by atoms with Gasteiger partial charge >= 0.3 is 0 Å². The summed E-state index contributed by atoms with van der Waals surface area (Å²) in [6.45, 7) is 12.8. The van der Waals surface area contributed by atoms with Crippen LogP contribution in [-0.2, 0) is 13.6 Å². The molecule has 2 aromatic heterocycles. The van der Waals surface area contributed by atoms with Gasteiger partial charge in [0.05, 0.1) is 0 Å². The minimum atomic E-state index is 0.366. The molecule has 1 atom stereocenters. The number of aromatic nitrogens is 3. The smallest absolute Gasteiger partial charge is 0.134 e. The maximum atomic E-state index is 6.60. The molecule has 0 radical (unpaired) electrons. The van der Waals surface area contributed by atoms with Crippen LogP contribution in [0.1, 0.15) is 57.8 Å². The summed E-state index contributed by atoms with van der Waals surface area (Å²) >= 11 is 6.60. The number of hydrogen-bond acceptors (Lipinski definition) is 5. The molecule has 1 N–H and O–H groups in total. The zero-order valence-electron chi connectivity index (χ0n) is 17.9. The van der Waals surface area contributed by atoms with Crippen LogP contribution in [0.5, 0.6) is 0 Å². The molecule has 28 heavy (non-hydrogen) atoms. The van der Waals surface area contributed by atoms with Gasteiger partial charge in [-0.3, -0.25) is 9.58 Å².